The second-order valence-corrected chi connectivity index (χ2v) is 10.8. The second kappa shape index (κ2) is 10.3. The van der Waals surface area contributed by atoms with Gasteiger partial charge in [-0.05, 0) is 68.1 Å². The van der Waals surface area contributed by atoms with Gasteiger partial charge in [-0.2, -0.15) is 5.10 Å². The fourth-order valence-corrected chi connectivity index (χ4v) is 5.85. The molecule has 1 aromatic heterocycles. The molecule has 0 radical (unpaired) electrons. The number of benzene rings is 2. The molecule has 1 fully saturated rings. The van der Waals surface area contributed by atoms with Gasteiger partial charge in [-0.15, -0.1) is 0 Å². The Balaban J connectivity index is 1.37. The molecule has 3 aliphatic rings. The maximum absolute atomic E-state index is 14.1. The summed E-state index contributed by atoms with van der Waals surface area (Å²) < 4.78 is 7.44. The first kappa shape index (κ1) is 25.3. The van der Waals surface area contributed by atoms with Gasteiger partial charge in [0.2, 0.25) is 5.91 Å². The molecule has 0 saturated carbocycles. The third kappa shape index (κ3) is 4.51. The molecule has 0 bridgehead atoms. The zero-order valence-corrected chi connectivity index (χ0v) is 22.6. The lowest BCUT2D eigenvalue weighted by atomic mass is 9.98. The van der Waals surface area contributed by atoms with Crippen LogP contribution in [0.3, 0.4) is 0 Å². The van der Waals surface area contributed by atoms with E-state index in [1.807, 2.05) is 47.4 Å². The van der Waals surface area contributed by atoms with E-state index in [0.717, 1.165) is 66.2 Å². The van der Waals surface area contributed by atoms with Crippen LogP contribution in [-0.2, 0) is 11.2 Å². The Hall–Kier alpha value is -3.94. The minimum absolute atomic E-state index is 0.0125. The molecular formula is C31H34N4O4. The molecule has 2 aromatic carbocycles. The number of amides is 2. The molecule has 8 heteroatoms. The molecule has 8 nitrogen and oxygen atoms in total. The number of fused-ring (bicyclic) bond motifs is 2. The molecule has 202 valence electrons. The highest BCUT2D eigenvalue weighted by molar-refractivity contribution is 6.10. The van der Waals surface area contributed by atoms with Crippen LogP contribution in [0.1, 0.15) is 90.4 Å². The molecule has 0 spiro atoms. The van der Waals surface area contributed by atoms with Crippen molar-refractivity contribution >= 4 is 29.0 Å². The average Bonchev–Trinajstić information content (AvgIpc) is 3.53. The Morgan fingerprint density at radius 3 is 2.46 bits per heavy atom. The molecule has 0 N–H and O–H groups in total. The third-order valence-electron chi connectivity index (χ3n) is 8.09. The lowest BCUT2D eigenvalue weighted by Gasteiger charge is -2.29. The van der Waals surface area contributed by atoms with Gasteiger partial charge in [0, 0.05) is 54.4 Å². The van der Waals surface area contributed by atoms with E-state index in [-0.39, 0.29) is 23.5 Å². The van der Waals surface area contributed by atoms with Crippen molar-refractivity contribution < 1.29 is 19.1 Å². The van der Waals surface area contributed by atoms with E-state index in [1.54, 1.807) is 9.58 Å². The number of Topliss-reactive ketones (excluding diaryl/α,β-unsaturated/α-hetero) is 1. The minimum atomic E-state index is -0.176. The summed E-state index contributed by atoms with van der Waals surface area (Å²) in [6.07, 6.45) is 5.19. The Morgan fingerprint density at radius 2 is 1.72 bits per heavy atom. The topological polar surface area (TPSA) is 84.7 Å². The van der Waals surface area contributed by atoms with Gasteiger partial charge in [0.25, 0.3) is 5.91 Å². The molecule has 3 aliphatic heterocycles. The number of ether oxygens (including phenoxy) is 1. The highest BCUT2D eigenvalue weighted by atomic mass is 16.5. The first-order valence-electron chi connectivity index (χ1n) is 14.1. The molecule has 6 rings (SSSR count). The first-order valence-corrected chi connectivity index (χ1v) is 14.1. The predicted molar refractivity (Wildman–Crippen MR) is 149 cm³/mol. The van der Waals surface area contributed by atoms with E-state index in [9.17, 15) is 14.4 Å². The van der Waals surface area contributed by atoms with Crippen LogP contribution in [-0.4, -0.2) is 47.1 Å². The number of ketones is 1. The van der Waals surface area contributed by atoms with Crippen molar-refractivity contribution in [1.82, 2.24) is 9.78 Å². The molecule has 1 atom stereocenters. The molecule has 0 aliphatic carbocycles. The van der Waals surface area contributed by atoms with Gasteiger partial charge >= 0.3 is 0 Å². The van der Waals surface area contributed by atoms with Crippen LogP contribution in [0.25, 0.3) is 5.69 Å². The summed E-state index contributed by atoms with van der Waals surface area (Å²) in [7, 11) is 0. The Morgan fingerprint density at radius 1 is 0.974 bits per heavy atom. The summed E-state index contributed by atoms with van der Waals surface area (Å²) in [5.41, 5.74) is 5.05. The molecule has 1 saturated heterocycles. The van der Waals surface area contributed by atoms with E-state index < -0.39 is 0 Å². The minimum Gasteiger partial charge on any atom is -0.493 e. The van der Waals surface area contributed by atoms with Crippen molar-refractivity contribution in [2.24, 2.45) is 0 Å². The number of nitrogens with zero attached hydrogens (tertiary/aromatic N) is 4. The van der Waals surface area contributed by atoms with Crippen LogP contribution in [0.2, 0.25) is 0 Å². The number of anilines is 2. The van der Waals surface area contributed by atoms with Crippen LogP contribution in [0.15, 0.2) is 42.5 Å². The molecular weight excluding hydrogens is 492 g/mol. The summed E-state index contributed by atoms with van der Waals surface area (Å²) in [6.45, 7) is 5.98. The Kier molecular flexibility index (Phi) is 6.71. The summed E-state index contributed by atoms with van der Waals surface area (Å²) in [5, 5.41) is 4.76. The van der Waals surface area contributed by atoms with Crippen LogP contribution in [0.4, 0.5) is 11.4 Å². The smallest absolute Gasteiger partial charge is 0.277 e. The fraction of sp³-hybridized carbons (Fsp3) is 0.419. The molecule has 2 amide bonds. The normalized spacial score (nSPS) is 18.7. The average molecular weight is 527 g/mol. The molecule has 3 aromatic rings. The Labute approximate surface area is 228 Å². The van der Waals surface area contributed by atoms with Gasteiger partial charge in [0.15, 0.2) is 5.78 Å². The molecule has 1 unspecified atom stereocenters. The zero-order chi connectivity index (χ0) is 27.1. The lowest BCUT2D eigenvalue weighted by molar-refractivity contribution is -0.119. The van der Waals surface area contributed by atoms with Crippen LogP contribution in [0.5, 0.6) is 5.75 Å². The number of hydrogen-bond acceptors (Lipinski definition) is 5. The maximum atomic E-state index is 14.1. The van der Waals surface area contributed by atoms with Crippen molar-refractivity contribution in [1.29, 1.82) is 0 Å². The summed E-state index contributed by atoms with van der Waals surface area (Å²) >= 11 is 0. The lowest BCUT2D eigenvalue weighted by Crippen LogP contribution is -2.39. The standard InChI is InChI=1S/C31H34N4O4/c1-3-4-7-26(36)29-24-15-17-34(22-11-9-21(10-12-22)33-16-6-5-8-28(33)37)31(38)30(24)35(32-29)23-13-14-27-25(18-23)20(2)19-39-27/h9-14,18,20H,3-8,15-17,19H2,1-2H3. The number of unbranched alkanes of at least 4 members (excludes halogenated alkanes) is 1. The van der Waals surface area contributed by atoms with Crippen molar-refractivity contribution in [3.8, 4) is 11.4 Å². The number of rotatable bonds is 7. The molecule has 4 heterocycles. The van der Waals surface area contributed by atoms with Gasteiger partial charge in [0.1, 0.15) is 17.1 Å². The van der Waals surface area contributed by atoms with E-state index in [4.69, 9.17) is 9.84 Å². The number of piperidine rings is 1. The largest absolute Gasteiger partial charge is 0.493 e. The van der Waals surface area contributed by atoms with E-state index in [2.05, 4.69) is 13.8 Å². The summed E-state index contributed by atoms with van der Waals surface area (Å²) in [5.74, 6) is 1.05. The quantitative estimate of drug-likeness (QED) is 0.382. The predicted octanol–water partition coefficient (Wildman–Crippen LogP) is 5.46. The SMILES string of the molecule is CCCCC(=O)c1nn(-c2ccc3c(c2)C(C)CO3)c2c1CCN(c1ccc(N3CCCCC3=O)cc1)C2=O. The van der Waals surface area contributed by atoms with Gasteiger partial charge in [-0.1, -0.05) is 20.3 Å². The third-order valence-corrected chi connectivity index (χ3v) is 8.09. The summed E-state index contributed by atoms with van der Waals surface area (Å²) in [4.78, 5) is 43.2. The number of hydrogen-bond donors (Lipinski definition) is 0. The van der Waals surface area contributed by atoms with Gasteiger partial charge < -0.3 is 14.5 Å². The number of carbonyl (C=O) groups is 3. The van der Waals surface area contributed by atoms with Crippen LogP contribution >= 0.6 is 0 Å². The second-order valence-electron chi connectivity index (χ2n) is 10.8. The fourth-order valence-electron chi connectivity index (χ4n) is 5.85. The van der Waals surface area contributed by atoms with Gasteiger partial charge in [0.05, 0.1) is 12.3 Å². The highest BCUT2D eigenvalue weighted by Crippen LogP contribution is 2.37. The molecule has 39 heavy (non-hydrogen) atoms. The van der Waals surface area contributed by atoms with E-state index in [0.29, 0.717) is 43.8 Å². The highest BCUT2D eigenvalue weighted by Gasteiger charge is 2.35. The number of carbonyl (C=O) groups excluding carboxylic acids is 3. The maximum Gasteiger partial charge on any atom is 0.277 e. The first-order chi connectivity index (χ1) is 19.0. The van der Waals surface area contributed by atoms with Crippen LogP contribution < -0.4 is 14.5 Å². The van der Waals surface area contributed by atoms with Crippen molar-refractivity contribution in [3.63, 3.8) is 0 Å². The van der Waals surface area contributed by atoms with Crippen molar-refractivity contribution in [2.45, 2.75) is 64.7 Å². The van der Waals surface area contributed by atoms with Gasteiger partial charge in [-0.25, -0.2) is 4.68 Å². The van der Waals surface area contributed by atoms with E-state index >= 15 is 0 Å². The van der Waals surface area contributed by atoms with Crippen molar-refractivity contribution in [3.05, 3.63) is 65.0 Å². The van der Waals surface area contributed by atoms with Gasteiger partial charge in [-0.3, -0.25) is 14.4 Å². The number of aromatic nitrogens is 2. The van der Waals surface area contributed by atoms with Crippen LogP contribution in [0, 0.1) is 0 Å². The summed E-state index contributed by atoms with van der Waals surface area (Å²) in [6, 6.07) is 13.5. The van der Waals surface area contributed by atoms with Crippen molar-refractivity contribution in [2.75, 3.05) is 29.5 Å². The zero-order valence-electron chi connectivity index (χ0n) is 22.6. The monoisotopic (exact) mass is 526 g/mol. The van der Waals surface area contributed by atoms with E-state index in [1.165, 1.54) is 0 Å². The Bertz CT molecular complexity index is 1440.